The average Bonchev–Trinajstić information content (AvgIpc) is 2.41. The SMILES string of the molecule is CO[Si](C)(CCCN1CCN(CCN)CC1)OC. The van der Waals surface area contributed by atoms with Crippen LogP contribution in [0.1, 0.15) is 6.42 Å². The Balaban J connectivity index is 2.14. The van der Waals surface area contributed by atoms with Crippen molar-refractivity contribution in [3.8, 4) is 0 Å². The number of piperazine rings is 1. The first-order valence-corrected chi connectivity index (χ1v) is 9.41. The quantitative estimate of drug-likeness (QED) is 0.647. The molecule has 0 aromatic rings. The molecule has 1 aliphatic rings. The standard InChI is InChI=1S/C12H29N3O2Si/c1-16-18(3,17-2)12-4-6-14-8-10-15(7-5-13)11-9-14/h4-13H2,1-3H3. The number of nitrogens with zero attached hydrogens (tertiary/aromatic N) is 2. The van der Waals surface area contributed by atoms with Gasteiger partial charge in [0, 0.05) is 53.5 Å². The van der Waals surface area contributed by atoms with E-state index < -0.39 is 8.56 Å². The van der Waals surface area contributed by atoms with E-state index >= 15 is 0 Å². The first kappa shape index (κ1) is 16.1. The molecule has 1 fully saturated rings. The van der Waals surface area contributed by atoms with Gasteiger partial charge in [-0.25, -0.2) is 0 Å². The van der Waals surface area contributed by atoms with E-state index in [-0.39, 0.29) is 0 Å². The van der Waals surface area contributed by atoms with Crippen molar-refractivity contribution in [2.75, 3.05) is 60.0 Å². The number of hydrogen-bond acceptors (Lipinski definition) is 5. The lowest BCUT2D eigenvalue weighted by Crippen LogP contribution is -2.48. The molecule has 0 amide bonds. The molecule has 1 aliphatic heterocycles. The fourth-order valence-corrected chi connectivity index (χ4v) is 3.71. The third-order valence-electron chi connectivity index (χ3n) is 3.88. The minimum absolute atomic E-state index is 0.769. The van der Waals surface area contributed by atoms with Gasteiger partial charge >= 0.3 is 8.56 Å². The normalized spacial score (nSPS) is 19.3. The van der Waals surface area contributed by atoms with Gasteiger partial charge in [0.1, 0.15) is 0 Å². The summed E-state index contributed by atoms with van der Waals surface area (Å²) in [6.07, 6.45) is 1.17. The molecule has 0 aliphatic carbocycles. The van der Waals surface area contributed by atoms with Gasteiger partial charge in [-0.15, -0.1) is 0 Å². The topological polar surface area (TPSA) is 51.0 Å². The molecule has 18 heavy (non-hydrogen) atoms. The Hall–Kier alpha value is 0.0169. The van der Waals surface area contributed by atoms with Gasteiger partial charge in [-0.05, 0) is 25.6 Å². The van der Waals surface area contributed by atoms with Gasteiger partial charge in [0.2, 0.25) is 0 Å². The van der Waals surface area contributed by atoms with E-state index in [1.807, 2.05) is 0 Å². The van der Waals surface area contributed by atoms with Crippen LogP contribution in [0.3, 0.4) is 0 Å². The summed E-state index contributed by atoms with van der Waals surface area (Å²) in [4.78, 5) is 4.98. The van der Waals surface area contributed by atoms with Crippen molar-refractivity contribution in [2.24, 2.45) is 5.73 Å². The summed E-state index contributed by atoms with van der Waals surface area (Å²) in [6, 6.07) is 1.07. The third-order valence-corrected chi connectivity index (χ3v) is 6.87. The van der Waals surface area contributed by atoms with E-state index in [0.29, 0.717) is 0 Å². The Kier molecular flexibility index (Phi) is 7.36. The Bertz CT molecular complexity index is 219. The van der Waals surface area contributed by atoms with Crippen molar-refractivity contribution >= 4 is 8.56 Å². The van der Waals surface area contributed by atoms with Crippen LogP contribution in [0.4, 0.5) is 0 Å². The van der Waals surface area contributed by atoms with Crippen LogP contribution in [0.15, 0.2) is 0 Å². The minimum atomic E-state index is -1.86. The molecular formula is C12H29N3O2Si. The molecule has 0 radical (unpaired) electrons. The lowest BCUT2D eigenvalue weighted by molar-refractivity contribution is 0.134. The largest absolute Gasteiger partial charge is 0.398 e. The highest BCUT2D eigenvalue weighted by Gasteiger charge is 2.28. The van der Waals surface area contributed by atoms with Gasteiger partial charge in [-0.3, -0.25) is 4.90 Å². The van der Waals surface area contributed by atoms with E-state index in [0.717, 1.165) is 51.9 Å². The van der Waals surface area contributed by atoms with Crippen molar-refractivity contribution < 1.29 is 8.85 Å². The fraction of sp³-hybridized carbons (Fsp3) is 1.00. The maximum Gasteiger partial charge on any atom is 0.334 e. The number of rotatable bonds is 8. The van der Waals surface area contributed by atoms with Gasteiger partial charge in [0.05, 0.1) is 0 Å². The highest BCUT2D eigenvalue weighted by molar-refractivity contribution is 6.65. The Morgan fingerprint density at radius 1 is 1.00 bits per heavy atom. The Labute approximate surface area is 112 Å². The van der Waals surface area contributed by atoms with Gasteiger partial charge in [-0.2, -0.15) is 0 Å². The summed E-state index contributed by atoms with van der Waals surface area (Å²) in [7, 11) is 1.67. The highest BCUT2D eigenvalue weighted by atomic mass is 28.4. The molecule has 0 atom stereocenters. The van der Waals surface area contributed by atoms with E-state index in [1.54, 1.807) is 14.2 Å². The summed E-state index contributed by atoms with van der Waals surface area (Å²) < 4.78 is 11.0. The second-order valence-electron chi connectivity index (χ2n) is 5.12. The van der Waals surface area contributed by atoms with E-state index in [2.05, 4.69) is 16.3 Å². The van der Waals surface area contributed by atoms with E-state index in [9.17, 15) is 0 Å². The molecule has 0 saturated carbocycles. The van der Waals surface area contributed by atoms with Crippen molar-refractivity contribution in [3.63, 3.8) is 0 Å². The Morgan fingerprint density at radius 3 is 1.94 bits per heavy atom. The van der Waals surface area contributed by atoms with Crippen LogP contribution in [0, 0.1) is 0 Å². The fourth-order valence-electron chi connectivity index (χ4n) is 2.33. The first-order chi connectivity index (χ1) is 8.63. The van der Waals surface area contributed by atoms with Crippen LogP contribution in [-0.4, -0.2) is 78.4 Å². The van der Waals surface area contributed by atoms with Crippen molar-refractivity contribution in [3.05, 3.63) is 0 Å². The lowest BCUT2D eigenvalue weighted by atomic mass is 10.3. The molecular weight excluding hydrogens is 246 g/mol. The average molecular weight is 275 g/mol. The molecule has 6 heteroatoms. The zero-order valence-electron chi connectivity index (χ0n) is 12.2. The molecule has 1 heterocycles. The molecule has 0 bridgehead atoms. The predicted molar refractivity (Wildman–Crippen MR) is 77.0 cm³/mol. The zero-order chi connectivity index (χ0) is 13.4. The maximum absolute atomic E-state index is 5.57. The van der Waals surface area contributed by atoms with Gasteiger partial charge in [0.25, 0.3) is 0 Å². The number of hydrogen-bond donors (Lipinski definition) is 1. The van der Waals surface area contributed by atoms with Gasteiger partial charge in [-0.1, -0.05) is 0 Å². The first-order valence-electron chi connectivity index (χ1n) is 6.88. The molecule has 0 aromatic carbocycles. The molecule has 1 rings (SSSR count). The number of nitrogens with two attached hydrogens (primary N) is 1. The summed E-state index contributed by atoms with van der Waals surface area (Å²) in [6.45, 7) is 9.73. The van der Waals surface area contributed by atoms with Crippen LogP contribution < -0.4 is 5.73 Å². The van der Waals surface area contributed by atoms with Crippen molar-refractivity contribution in [1.82, 2.24) is 9.80 Å². The summed E-state index contributed by atoms with van der Waals surface area (Å²) in [5, 5.41) is 0. The lowest BCUT2D eigenvalue weighted by Gasteiger charge is -2.34. The maximum atomic E-state index is 5.57. The summed E-state index contributed by atoms with van der Waals surface area (Å²) >= 11 is 0. The second-order valence-corrected chi connectivity index (χ2v) is 8.70. The smallest absolute Gasteiger partial charge is 0.334 e. The minimum Gasteiger partial charge on any atom is -0.398 e. The zero-order valence-corrected chi connectivity index (χ0v) is 13.2. The molecule has 1 saturated heterocycles. The third kappa shape index (κ3) is 5.34. The van der Waals surface area contributed by atoms with Crippen LogP contribution in [-0.2, 0) is 8.85 Å². The molecule has 0 unspecified atom stereocenters. The van der Waals surface area contributed by atoms with Crippen LogP contribution in [0.5, 0.6) is 0 Å². The summed E-state index contributed by atoms with van der Waals surface area (Å²) in [5.41, 5.74) is 5.57. The summed E-state index contributed by atoms with van der Waals surface area (Å²) in [5.74, 6) is 0. The molecule has 0 spiro atoms. The van der Waals surface area contributed by atoms with E-state index in [4.69, 9.17) is 14.6 Å². The Morgan fingerprint density at radius 2 is 1.50 bits per heavy atom. The predicted octanol–water partition coefficient (Wildman–Crippen LogP) is 0.318. The van der Waals surface area contributed by atoms with Crippen LogP contribution in [0.2, 0.25) is 12.6 Å². The molecule has 2 N–H and O–H groups in total. The molecule has 108 valence electrons. The van der Waals surface area contributed by atoms with E-state index in [1.165, 1.54) is 6.42 Å². The second kappa shape index (κ2) is 8.24. The van der Waals surface area contributed by atoms with Crippen molar-refractivity contribution in [2.45, 2.75) is 19.0 Å². The van der Waals surface area contributed by atoms with Crippen LogP contribution in [0.25, 0.3) is 0 Å². The molecule has 5 nitrogen and oxygen atoms in total. The van der Waals surface area contributed by atoms with Crippen LogP contribution >= 0.6 is 0 Å². The monoisotopic (exact) mass is 275 g/mol. The molecule has 0 aromatic heterocycles. The van der Waals surface area contributed by atoms with Gasteiger partial charge < -0.3 is 19.5 Å². The van der Waals surface area contributed by atoms with Crippen molar-refractivity contribution in [1.29, 1.82) is 0 Å². The highest BCUT2D eigenvalue weighted by Crippen LogP contribution is 2.14. The van der Waals surface area contributed by atoms with Gasteiger partial charge in [0.15, 0.2) is 0 Å².